The lowest BCUT2D eigenvalue weighted by Crippen LogP contribution is -2.27. The Morgan fingerprint density at radius 1 is 1.47 bits per heavy atom. The number of aryl methyl sites for hydroxylation is 1. The van der Waals surface area contributed by atoms with Crippen LogP contribution in [0.1, 0.15) is 17.7 Å². The highest BCUT2D eigenvalue weighted by Gasteiger charge is 2.13. The van der Waals surface area contributed by atoms with Gasteiger partial charge in [0.05, 0.1) is 22.9 Å². The van der Waals surface area contributed by atoms with Crippen LogP contribution < -0.4 is 10.9 Å². The highest BCUT2D eigenvalue weighted by molar-refractivity contribution is 6.31. The van der Waals surface area contributed by atoms with Crippen molar-refractivity contribution in [1.29, 1.82) is 0 Å². The summed E-state index contributed by atoms with van der Waals surface area (Å²) in [5.74, 6) is 0. The van der Waals surface area contributed by atoms with E-state index >= 15 is 0 Å². The largest absolute Gasteiger partial charge is 0.383 e. The number of rotatable bonds is 2. The van der Waals surface area contributed by atoms with E-state index in [2.05, 4.69) is 15.4 Å². The first kappa shape index (κ1) is 12.2. The molecule has 2 aromatic rings. The van der Waals surface area contributed by atoms with Crippen LogP contribution in [0.2, 0.25) is 5.02 Å². The molecule has 98 valence electrons. The minimum absolute atomic E-state index is 0.124. The first-order valence-corrected chi connectivity index (χ1v) is 6.55. The zero-order chi connectivity index (χ0) is 13.2. The molecule has 2 aromatic heterocycles. The molecule has 6 heteroatoms. The predicted molar refractivity (Wildman–Crippen MR) is 73.7 cm³/mol. The molecule has 0 radical (unpaired) electrons. The molecular formula is C13H13ClN4O. The molecule has 0 saturated heterocycles. The van der Waals surface area contributed by atoms with E-state index in [1.807, 2.05) is 0 Å². The Morgan fingerprint density at radius 3 is 3.21 bits per heavy atom. The lowest BCUT2D eigenvalue weighted by Gasteiger charge is -2.17. The third-order valence-electron chi connectivity index (χ3n) is 3.16. The second-order valence-electron chi connectivity index (χ2n) is 4.50. The first-order valence-electron chi connectivity index (χ1n) is 6.17. The van der Waals surface area contributed by atoms with Gasteiger partial charge in [0.1, 0.15) is 0 Å². The van der Waals surface area contributed by atoms with Crippen LogP contribution in [0.4, 0.5) is 5.69 Å². The molecule has 3 heterocycles. The van der Waals surface area contributed by atoms with Crippen molar-refractivity contribution < 1.29 is 0 Å². The van der Waals surface area contributed by atoms with Crippen molar-refractivity contribution in [3.8, 4) is 0 Å². The standard InChI is InChI=1S/C13H13ClN4O/c14-10-7-15-5-3-9(10)8-18-13(19)6-12-11(17-18)2-1-4-16-12/h3,5-7,16H,1-2,4,8H2. The number of pyridine rings is 1. The van der Waals surface area contributed by atoms with Crippen LogP contribution >= 0.6 is 11.6 Å². The second kappa shape index (κ2) is 5.01. The summed E-state index contributed by atoms with van der Waals surface area (Å²) in [6.45, 7) is 1.27. The van der Waals surface area contributed by atoms with E-state index in [1.165, 1.54) is 4.68 Å². The van der Waals surface area contributed by atoms with Crippen molar-refractivity contribution in [3.63, 3.8) is 0 Å². The van der Waals surface area contributed by atoms with Crippen molar-refractivity contribution in [3.05, 3.63) is 51.2 Å². The molecule has 0 unspecified atom stereocenters. The summed E-state index contributed by atoms with van der Waals surface area (Å²) < 4.78 is 1.45. The third kappa shape index (κ3) is 2.46. The molecule has 1 aliphatic rings. The quantitative estimate of drug-likeness (QED) is 0.907. The SMILES string of the molecule is O=c1cc2c(nn1Cc1ccncc1Cl)CCCN2. The van der Waals surface area contributed by atoms with Crippen molar-refractivity contribution in [2.45, 2.75) is 19.4 Å². The van der Waals surface area contributed by atoms with Gasteiger partial charge in [-0.2, -0.15) is 5.10 Å². The molecule has 1 N–H and O–H groups in total. The summed E-state index contributed by atoms with van der Waals surface area (Å²) in [4.78, 5) is 15.9. The fourth-order valence-electron chi connectivity index (χ4n) is 2.15. The van der Waals surface area contributed by atoms with Gasteiger partial charge in [0.2, 0.25) is 0 Å². The Labute approximate surface area is 115 Å². The maximum absolute atomic E-state index is 12.0. The Bertz CT molecular complexity index is 668. The minimum Gasteiger partial charge on any atom is -0.383 e. The van der Waals surface area contributed by atoms with E-state index in [-0.39, 0.29) is 5.56 Å². The Balaban J connectivity index is 1.97. The zero-order valence-corrected chi connectivity index (χ0v) is 11.0. The molecule has 1 aliphatic heterocycles. The first-order chi connectivity index (χ1) is 9.24. The van der Waals surface area contributed by atoms with Crippen molar-refractivity contribution in [2.75, 3.05) is 11.9 Å². The molecule has 0 saturated carbocycles. The van der Waals surface area contributed by atoms with E-state index in [1.54, 1.807) is 24.5 Å². The molecular weight excluding hydrogens is 264 g/mol. The van der Waals surface area contributed by atoms with Gasteiger partial charge < -0.3 is 5.32 Å². The average Bonchev–Trinajstić information content (AvgIpc) is 2.42. The van der Waals surface area contributed by atoms with Gasteiger partial charge in [0.15, 0.2) is 0 Å². The highest BCUT2D eigenvalue weighted by Crippen LogP contribution is 2.18. The fourth-order valence-corrected chi connectivity index (χ4v) is 2.33. The smallest absolute Gasteiger partial charge is 0.269 e. The van der Waals surface area contributed by atoms with Crippen molar-refractivity contribution in [2.24, 2.45) is 0 Å². The van der Waals surface area contributed by atoms with Gasteiger partial charge in [-0.1, -0.05) is 11.6 Å². The molecule has 3 rings (SSSR count). The fraction of sp³-hybridized carbons (Fsp3) is 0.308. The molecule has 5 nitrogen and oxygen atoms in total. The van der Waals surface area contributed by atoms with Crippen LogP contribution in [0.3, 0.4) is 0 Å². The van der Waals surface area contributed by atoms with Gasteiger partial charge in [-0.3, -0.25) is 9.78 Å². The molecule has 19 heavy (non-hydrogen) atoms. The monoisotopic (exact) mass is 276 g/mol. The number of hydrogen-bond donors (Lipinski definition) is 1. The molecule has 0 amide bonds. The van der Waals surface area contributed by atoms with Gasteiger partial charge in [-0.25, -0.2) is 4.68 Å². The van der Waals surface area contributed by atoms with Crippen molar-refractivity contribution >= 4 is 17.3 Å². The van der Waals surface area contributed by atoms with Crippen LogP contribution in [-0.2, 0) is 13.0 Å². The molecule has 0 atom stereocenters. The molecule has 0 aromatic carbocycles. The van der Waals surface area contributed by atoms with E-state index in [0.29, 0.717) is 11.6 Å². The number of anilines is 1. The second-order valence-corrected chi connectivity index (χ2v) is 4.91. The topological polar surface area (TPSA) is 59.8 Å². The minimum atomic E-state index is -0.124. The summed E-state index contributed by atoms with van der Waals surface area (Å²) in [5.41, 5.74) is 2.51. The summed E-state index contributed by atoms with van der Waals surface area (Å²) in [5, 5.41) is 8.15. The van der Waals surface area contributed by atoms with E-state index in [0.717, 1.165) is 36.3 Å². The maximum Gasteiger partial charge on any atom is 0.269 e. The van der Waals surface area contributed by atoms with Gasteiger partial charge in [-0.05, 0) is 24.5 Å². The van der Waals surface area contributed by atoms with Crippen LogP contribution in [0.25, 0.3) is 0 Å². The molecule has 0 spiro atoms. The number of nitrogens with one attached hydrogen (secondary N) is 1. The van der Waals surface area contributed by atoms with Crippen LogP contribution in [0.15, 0.2) is 29.3 Å². The van der Waals surface area contributed by atoms with E-state index in [4.69, 9.17) is 11.6 Å². The zero-order valence-electron chi connectivity index (χ0n) is 10.3. The Morgan fingerprint density at radius 2 is 2.37 bits per heavy atom. The highest BCUT2D eigenvalue weighted by atomic mass is 35.5. The number of aromatic nitrogens is 3. The number of hydrogen-bond acceptors (Lipinski definition) is 4. The lowest BCUT2D eigenvalue weighted by atomic mass is 10.1. The number of nitrogens with zero attached hydrogens (tertiary/aromatic N) is 3. The normalized spacial score (nSPS) is 13.7. The van der Waals surface area contributed by atoms with Gasteiger partial charge in [-0.15, -0.1) is 0 Å². The summed E-state index contributed by atoms with van der Waals surface area (Å²) >= 11 is 6.05. The molecule has 0 aliphatic carbocycles. The lowest BCUT2D eigenvalue weighted by molar-refractivity contribution is 0.608. The van der Waals surface area contributed by atoms with Crippen LogP contribution in [0, 0.1) is 0 Å². The summed E-state index contributed by atoms with van der Waals surface area (Å²) in [6, 6.07) is 3.41. The summed E-state index contributed by atoms with van der Waals surface area (Å²) in [7, 11) is 0. The van der Waals surface area contributed by atoms with Crippen LogP contribution in [0.5, 0.6) is 0 Å². The van der Waals surface area contributed by atoms with Gasteiger partial charge in [0, 0.05) is 25.0 Å². The van der Waals surface area contributed by atoms with E-state index < -0.39 is 0 Å². The average molecular weight is 277 g/mol. The van der Waals surface area contributed by atoms with Crippen LogP contribution in [-0.4, -0.2) is 21.3 Å². The predicted octanol–water partition coefficient (Wildman–Crippen LogP) is 1.70. The molecule has 0 bridgehead atoms. The van der Waals surface area contributed by atoms with Gasteiger partial charge >= 0.3 is 0 Å². The maximum atomic E-state index is 12.0. The van der Waals surface area contributed by atoms with Crippen molar-refractivity contribution in [1.82, 2.24) is 14.8 Å². The van der Waals surface area contributed by atoms with E-state index in [9.17, 15) is 4.79 Å². The Hall–Kier alpha value is -1.88. The summed E-state index contributed by atoms with van der Waals surface area (Å²) in [6.07, 6.45) is 5.16. The Kier molecular flexibility index (Phi) is 3.21. The van der Waals surface area contributed by atoms with Gasteiger partial charge in [0.25, 0.3) is 5.56 Å². The molecule has 0 fully saturated rings. The number of fused-ring (bicyclic) bond motifs is 1. The number of halogens is 1. The third-order valence-corrected chi connectivity index (χ3v) is 3.50.